The fraction of sp³-hybridized carbons (Fsp3) is 0.250. The van der Waals surface area contributed by atoms with Gasteiger partial charge in [0.25, 0.3) is 0 Å². The zero-order chi connectivity index (χ0) is 20.3. The van der Waals surface area contributed by atoms with Gasteiger partial charge >= 0.3 is 0 Å². The van der Waals surface area contributed by atoms with E-state index in [1.165, 1.54) is 19.3 Å². The van der Waals surface area contributed by atoms with Crippen LogP contribution in [0.5, 0.6) is 5.75 Å². The van der Waals surface area contributed by atoms with Crippen molar-refractivity contribution >= 4 is 34.4 Å². The predicted octanol–water partition coefficient (Wildman–Crippen LogP) is 7.14. The Morgan fingerprint density at radius 2 is 1.73 bits per heavy atom. The summed E-state index contributed by atoms with van der Waals surface area (Å²) >= 11 is 7.72. The molecule has 1 saturated carbocycles. The van der Waals surface area contributed by atoms with E-state index in [9.17, 15) is 0 Å². The van der Waals surface area contributed by atoms with Gasteiger partial charge in [0.15, 0.2) is 0 Å². The molecular formula is C24H22ClN3OS. The molecule has 4 aromatic rings. The number of imidazole rings is 1. The number of hydrogen-bond acceptors (Lipinski definition) is 4. The summed E-state index contributed by atoms with van der Waals surface area (Å²) in [6.07, 6.45) is 9.95. The highest BCUT2D eigenvalue weighted by molar-refractivity contribution is 7.99. The first-order valence-electron chi connectivity index (χ1n) is 10.3. The number of nitrogens with one attached hydrogen (secondary N) is 1. The number of benzene rings is 2. The molecule has 6 heteroatoms. The lowest BCUT2D eigenvalue weighted by Gasteiger charge is -2.24. The monoisotopic (exact) mass is 435 g/mol. The number of pyridine rings is 1. The fourth-order valence-corrected chi connectivity index (χ4v) is 4.85. The molecule has 0 bridgehead atoms. The van der Waals surface area contributed by atoms with Crippen molar-refractivity contribution in [1.82, 2.24) is 15.0 Å². The number of aromatic amines is 1. The molecule has 1 aliphatic carbocycles. The van der Waals surface area contributed by atoms with Crippen LogP contribution in [0, 0.1) is 0 Å². The maximum absolute atomic E-state index is 6.50. The molecule has 2 aromatic carbocycles. The number of hydrogen-bond donors (Lipinski definition) is 1. The zero-order valence-corrected chi connectivity index (χ0v) is 18.0. The third-order valence-electron chi connectivity index (χ3n) is 5.39. The minimum atomic E-state index is 0.284. The maximum Gasteiger partial charge on any atom is 0.138 e. The van der Waals surface area contributed by atoms with Crippen molar-refractivity contribution < 1.29 is 4.74 Å². The molecule has 0 amide bonds. The molecule has 0 radical (unpaired) electrons. The van der Waals surface area contributed by atoms with Gasteiger partial charge in [-0.3, -0.25) is 4.98 Å². The second kappa shape index (κ2) is 8.70. The molecule has 2 aromatic heterocycles. The van der Waals surface area contributed by atoms with Gasteiger partial charge in [0.1, 0.15) is 11.6 Å². The highest BCUT2D eigenvalue weighted by Gasteiger charge is 2.19. The van der Waals surface area contributed by atoms with Gasteiger partial charge in [0, 0.05) is 33.9 Å². The predicted molar refractivity (Wildman–Crippen MR) is 122 cm³/mol. The number of rotatable bonds is 5. The second-order valence-corrected chi connectivity index (χ2v) is 9.12. The van der Waals surface area contributed by atoms with Crippen LogP contribution in [-0.4, -0.2) is 21.1 Å². The molecule has 152 valence electrons. The third kappa shape index (κ3) is 4.32. The van der Waals surface area contributed by atoms with Gasteiger partial charge in [0.05, 0.1) is 22.0 Å². The number of ether oxygens (including phenoxy) is 1. The van der Waals surface area contributed by atoms with Crippen molar-refractivity contribution in [3.8, 4) is 17.1 Å². The van der Waals surface area contributed by atoms with Gasteiger partial charge in [0.2, 0.25) is 0 Å². The molecule has 1 N–H and O–H groups in total. The summed E-state index contributed by atoms with van der Waals surface area (Å²) in [5.41, 5.74) is 2.91. The normalized spacial score (nSPS) is 14.8. The van der Waals surface area contributed by atoms with Gasteiger partial charge in [-0.15, -0.1) is 0 Å². The molecule has 5 rings (SSSR count). The van der Waals surface area contributed by atoms with E-state index in [2.05, 4.69) is 22.1 Å². The molecule has 1 aliphatic rings. The second-order valence-electron chi connectivity index (χ2n) is 7.57. The maximum atomic E-state index is 6.50. The first-order valence-corrected chi connectivity index (χ1v) is 11.5. The van der Waals surface area contributed by atoms with Crippen LogP contribution in [0.2, 0.25) is 5.02 Å². The van der Waals surface area contributed by atoms with Crippen molar-refractivity contribution in [1.29, 1.82) is 0 Å². The Kier molecular flexibility index (Phi) is 5.65. The summed E-state index contributed by atoms with van der Waals surface area (Å²) in [6.45, 7) is 0. The number of nitrogens with zero attached hydrogens (tertiary/aromatic N) is 2. The Balaban J connectivity index is 1.53. The minimum absolute atomic E-state index is 0.284. The number of H-pyrrole nitrogens is 1. The van der Waals surface area contributed by atoms with E-state index in [4.69, 9.17) is 21.3 Å². The summed E-state index contributed by atoms with van der Waals surface area (Å²) in [5.74, 6) is 1.75. The standard InChI is InChI=1S/C24H22ClN3OS/c25-17-8-6-16(7-9-17)24-27-20-14-22(29-18-4-2-1-3-5-18)23(15-21(20)28-24)30-19-10-12-26-13-11-19/h6-15,18H,1-5H2,(H,27,28). The molecule has 1 fully saturated rings. The average Bonchev–Trinajstić information content (AvgIpc) is 3.19. The first kappa shape index (κ1) is 19.5. The SMILES string of the molecule is Clc1ccc(-c2nc3cc(Sc4ccncc4)c(OC4CCCCC4)cc3[nH]2)cc1. The summed E-state index contributed by atoms with van der Waals surface area (Å²) in [5, 5.41) is 0.717. The Morgan fingerprint density at radius 3 is 2.50 bits per heavy atom. The van der Waals surface area contributed by atoms with Crippen LogP contribution >= 0.6 is 23.4 Å². The molecule has 0 spiro atoms. The van der Waals surface area contributed by atoms with Gasteiger partial charge in [-0.05, 0) is 68.1 Å². The van der Waals surface area contributed by atoms with E-state index in [0.717, 1.165) is 50.8 Å². The molecule has 0 unspecified atom stereocenters. The first-order chi connectivity index (χ1) is 14.7. The number of aromatic nitrogens is 3. The van der Waals surface area contributed by atoms with Crippen LogP contribution < -0.4 is 4.74 Å². The van der Waals surface area contributed by atoms with Crippen LogP contribution in [0.25, 0.3) is 22.4 Å². The lowest BCUT2D eigenvalue weighted by molar-refractivity contribution is 0.151. The van der Waals surface area contributed by atoms with Crippen LogP contribution in [-0.2, 0) is 0 Å². The van der Waals surface area contributed by atoms with Crippen molar-refractivity contribution in [2.75, 3.05) is 0 Å². The lowest BCUT2D eigenvalue weighted by Crippen LogP contribution is -2.19. The van der Waals surface area contributed by atoms with Gasteiger partial charge < -0.3 is 9.72 Å². The van der Waals surface area contributed by atoms with E-state index in [-0.39, 0.29) is 6.10 Å². The van der Waals surface area contributed by atoms with Crippen molar-refractivity contribution in [3.05, 3.63) is 65.9 Å². The van der Waals surface area contributed by atoms with Crippen molar-refractivity contribution in [2.24, 2.45) is 0 Å². The van der Waals surface area contributed by atoms with Gasteiger partial charge in [-0.1, -0.05) is 29.8 Å². The third-order valence-corrected chi connectivity index (χ3v) is 6.69. The van der Waals surface area contributed by atoms with E-state index < -0.39 is 0 Å². The Labute approximate surface area is 185 Å². The molecule has 4 nitrogen and oxygen atoms in total. The largest absolute Gasteiger partial charge is 0.489 e. The summed E-state index contributed by atoms with van der Waals surface area (Å²) in [6, 6.07) is 16.0. The highest BCUT2D eigenvalue weighted by atomic mass is 35.5. The van der Waals surface area contributed by atoms with Crippen LogP contribution in [0.1, 0.15) is 32.1 Å². The molecule has 30 heavy (non-hydrogen) atoms. The Morgan fingerprint density at radius 1 is 0.967 bits per heavy atom. The number of fused-ring (bicyclic) bond motifs is 1. The van der Waals surface area contributed by atoms with E-state index in [1.807, 2.05) is 48.8 Å². The Bertz CT molecular complexity index is 1140. The minimum Gasteiger partial charge on any atom is -0.489 e. The van der Waals surface area contributed by atoms with Crippen molar-refractivity contribution in [3.63, 3.8) is 0 Å². The topological polar surface area (TPSA) is 50.8 Å². The molecular weight excluding hydrogens is 414 g/mol. The van der Waals surface area contributed by atoms with E-state index >= 15 is 0 Å². The van der Waals surface area contributed by atoms with Crippen LogP contribution in [0.15, 0.2) is 70.7 Å². The quantitative estimate of drug-likeness (QED) is 0.362. The zero-order valence-electron chi connectivity index (χ0n) is 16.5. The van der Waals surface area contributed by atoms with Gasteiger partial charge in [-0.2, -0.15) is 0 Å². The summed E-state index contributed by atoms with van der Waals surface area (Å²) < 4.78 is 6.50. The Hall–Kier alpha value is -2.50. The molecule has 0 aliphatic heterocycles. The van der Waals surface area contributed by atoms with Crippen LogP contribution in [0.3, 0.4) is 0 Å². The van der Waals surface area contributed by atoms with E-state index in [1.54, 1.807) is 11.8 Å². The highest BCUT2D eigenvalue weighted by Crippen LogP contribution is 2.39. The molecule has 0 atom stereocenters. The molecule has 2 heterocycles. The molecule has 0 saturated heterocycles. The smallest absolute Gasteiger partial charge is 0.138 e. The number of halogens is 1. The summed E-state index contributed by atoms with van der Waals surface area (Å²) in [4.78, 5) is 14.6. The van der Waals surface area contributed by atoms with Crippen molar-refractivity contribution in [2.45, 2.75) is 48.0 Å². The van der Waals surface area contributed by atoms with Gasteiger partial charge in [-0.25, -0.2) is 4.98 Å². The fourth-order valence-electron chi connectivity index (χ4n) is 3.83. The summed E-state index contributed by atoms with van der Waals surface area (Å²) in [7, 11) is 0. The van der Waals surface area contributed by atoms with E-state index in [0.29, 0.717) is 5.02 Å². The van der Waals surface area contributed by atoms with Crippen LogP contribution in [0.4, 0.5) is 0 Å². The average molecular weight is 436 g/mol. The lowest BCUT2D eigenvalue weighted by atomic mass is 9.98.